The Morgan fingerprint density at radius 2 is 1.92 bits per heavy atom. The van der Waals surface area contributed by atoms with Gasteiger partial charge in [0.25, 0.3) is 17.7 Å². The van der Waals surface area contributed by atoms with Gasteiger partial charge in [-0.15, -0.1) is 0 Å². The van der Waals surface area contributed by atoms with Gasteiger partial charge < -0.3 is 10.0 Å². The van der Waals surface area contributed by atoms with Crippen molar-refractivity contribution in [3.63, 3.8) is 0 Å². The summed E-state index contributed by atoms with van der Waals surface area (Å²) >= 11 is 0. The van der Waals surface area contributed by atoms with E-state index in [1.807, 2.05) is 6.92 Å². The van der Waals surface area contributed by atoms with Gasteiger partial charge in [0.15, 0.2) is 0 Å². The molecule has 0 saturated carbocycles. The van der Waals surface area contributed by atoms with E-state index in [-0.39, 0.29) is 22.9 Å². The average Bonchev–Trinajstić information content (AvgIpc) is 3.18. The number of carboxylic acids is 1. The molecular formula is C18H20N2O5. The summed E-state index contributed by atoms with van der Waals surface area (Å²) in [4.78, 5) is 51.2. The normalized spacial score (nSPS) is 19.5. The minimum Gasteiger partial charge on any atom is -0.480 e. The van der Waals surface area contributed by atoms with Crippen molar-refractivity contribution in [1.29, 1.82) is 0 Å². The number of amides is 3. The van der Waals surface area contributed by atoms with Crippen LogP contribution in [0.1, 0.15) is 63.7 Å². The first-order valence-electron chi connectivity index (χ1n) is 8.49. The van der Waals surface area contributed by atoms with Crippen LogP contribution < -0.4 is 0 Å². The zero-order valence-electron chi connectivity index (χ0n) is 14.0. The number of carboxylic acid groups (broad SMARTS) is 1. The molecule has 7 heteroatoms. The van der Waals surface area contributed by atoms with Gasteiger partial charge in [-0.25, -0.2) is 4.79 Å². The highest BCUT2D eigenvalue weighted by atomic mass is 16.4. The van der Waals surface area contributed by atoms with Gasteiger partial charge in [0, 0.05) is 18.7 Å². The van der Waals surface area contributed by atoms with E-state index in [1.165, 1.54) is 28.0 Å². The van der Waals surface area contributed by atoms with Gasteiger partial charge in [-0.3, -0.25) is 19.3 Å². The first kappa shape index (κ1) is 17.1. The number of unbranched alkanes of at least 4 members (excludes halogenated alkanes) is 1. The number of carbonyl (C=O) groups excluding carboxylic acids is 3. The number of benzene rings is 1. The molecule has 0 aromatic heterocycles. The Kier molecular flexibility index (Phi) is 4.57. The third-order valence-corrected chi connectivity index (χ3v) is 4.75. The lowest BCUT2D eigenvalue weighted by Crippen LogP contribution is -2.40. The molecule has 132 valence electrons. The maximum Gasteiger partial charge on any atom is 0.326 e. The number of nitrogens with zero attached hydrogens (tertiary/aromatic N) is 2. The van der Waals surface area contributed by atoms with Crippen LogP contribution in [0, 0.1) is 0 Å². The quantitative estimate of drug-likeness (QED) is 0.822. The molecule has 1 aromatic rings. The lowest BCUT2D eigenvalue weighted by atomic mass is 10.0. The Bertz CT molecular complexity index is 758. The second-order valence-corrected chi connectivity index (χ2v) is 6.37. The van der Waals surface area contributed by atoms with Crippen LogP contribution in [0.4, 0.5) is 0 Å². The maximum atomic E-state index is 12.7. The highest BCUT2D eigenvalue weighted by Gasteiger charge is 2.38. The molecule has 3 amide bonds. The molecule has 1 aromatic carbocycles. The van der Waals surface area contributed by atoms with Gasteiger partial charge in [0.2, 0.25) is 0 Å². The minimum absolute atomic E-state index is 0.220. The number of likely N-dealkylation sites (tertiary alicyclic amines) is 1. The molecular weight excluding hydrogens is 324 g/mol. The smallest absolute Gasteiger partial charge is 0.326 e. The topological polar surface area (TPSA) is 95.0 Å². The molecule has 1 atom stereocenters. The van der Waals surface area contributed by atoms with Crippen LogP contribution in [0.5, 0.6) is 0 Å². The van der Waals surface area contributed by atoms with Crippen LogP contribution in [0.15, 0.2) is 18.2 Å². The van der Waals surface area contributed by atoms with Crippen LogP contribution in [-0.4, -0.2) is 57.7 Å². The molecule has 2 heterocycles. The fourth-order valence-corrected chi connectivity index (χ4v) is 3.38. The molecule has 0 aliphatic carbocycles. The van der Waals surface area contributed by atoms with E-state index in [1.54, 1.807) is 0 Å². The average molecular weight is 344 g/mol. The molecule has 0 spiro atoms. The van der Waals surface area contributed by atoms with Crippen molar-refractivity contribution >= 4 is 23.7 Å². The first-order valence-corrected chi connectivity index (χ1v) is 8.49. The summed E-state index contributed by atoms with van der Waals surface area (Å²) in [6.07, 6.45) is 2.65. The summed E-state index contributed by atoms with van der Waals surface area (Å²) in [6.45, 7) is 2.71. The van der Waals surface area contributed by atoms with Gasteiger partial charge >= 0.3 is 5.97 Å². The second-order valence-electron chi connectivity index (χ2n) is 6.37. The van der Waals surface area contributed by atoms with Gasteiger partial charge in [-0.2, -0.15) is 0 Å². The Morgan fingerprint density at radius 1 is 1.20 bits per heavy atom. The Hall–Kier alpha value is -2.70. The summed E-state index contributed by atoms with van der Waals surface area (Å²) in [6, 6.07) is 3.56. The lowest BCUT2D eigenvalue weighted by Gasteiger charge is -2.21. The number of hydrogen-bond donors (Lipinski definition) is 1. The van der Waals surface area contributed by atoms with Gasteiger partial charge in [0.05, 0.1) is 11.1 Å². The predicted octanol–water partition coefficient (Wildman–Crippen LogP) is 1.77. The Labute approximate surface area is 145 Å². The minimum atomic E-state index is -1.02. The van der Waals surface area contributed by atoms with Crippen molar-refractivity contribution in [3.8, 4) is 0 Å². The van der Waals surface area contributed by atoms with Crippen LogP contribution in [0.25, 0.3) is 0 Å². The fraction of sp³-hybridized carbons (Fsp3) is 0.444. The molecule has 1 unspecified atom stereocenters. The van der Waals surface area contributed by atoms with Gasteiger partial charge in [-0.05, 0) is 37.5 Å². The second kappa shape index (κ2) is 6.66. The Morgan fingerprint density at radius 3 is 2.60 bits per heavy atom. The third kappa shape index (κ3) is 2.90. The fourth-order valence-electron chi connectivity index (χ4n) is 3.38. The van der Waals surface area contributed by atoms with Gasteiger partial charge in [-0.1, -0.05) is 13.3 Å². The molecule has 1 fully saturated rings. The summed E-state index contributed by atoms with van der Waals surface area (Å²) in [5.41, 5.74) is 0.761. The number of rotatable bonds is 5. The summed E-state index contributed by atoms with van der Waals surface area (Å²) in [5, 5.41) is 9.23. The SMILES string of the molecule is CCCCN1C(=O)c2ccc(C(=O)N3CCCC3C(=O)O)cc2C1=O. The molecule has 0 bridgehead atoms. The zero-order chi connectivity index (χ0) is 18.1. The molecule has 1 N–H and O–H groups in total. The molecule has 2 aliphatic heterocycles. The maximum absolute atomic E-state index is 12.7. The standard InChI is InChI=1S/C18H20N2O5/c1-2-3-8-20-16(22)12-7-6-11(10-13(12)17(20)23)15(21)19-9-4-5-14(19)18(24)25/h6-7,10,14H,2-5,8-9H2,1H3,(H,24,25). The highest BCUT2D eigenvalue weighted by molar-refractivity contribution is 6.22. The number of imide groups is 1. The number of fused-ring (bicyclic) bond motifs is 1. The van der Waals surface area contributed by atoms with E-state index in [2.05, 4.69) is 0 Å². The predicted molar refractivity (Wildman–Crippen MR) is 88.4 cm³/mol. The van der Waals surface area contributed by atoms with Crippen LogP contribution in [-0.2, 0) is 4.79 Å². The van der Waals surface area contributed by atoms with Gasteiger partial charge in [0.1, 0.15) is 6.04 Å². The summed E-state index contributed by atoms with van der Waals surface area (Å²) in [5.74, 6) is -2.17. The van der Waals surface area contributed by atoms with Crippen molar-refractivity contribution < 1.29 is 24.3 Å². The molecule has 3 rings (SSSR count). The number of aliphatic carboxylic acids is 1. The van der Waals surface area contributed by atoms with E-state index in [0.717, 1.165) is 12.8 Å². The molecule has 1 saturated heterocycles. The molecule has 7 nitrogen and oxygen atoms in total. The highest BCUT2D eigenvalue weighted by Crippen LogP contribution is 2.26. The van der Waals surface area contributed by atoms with Crippen molar-refractivity contribution in [2.75, 3.05) is 13.1 Å². The first-order chi connectivity index (χ1) is 12.0. The van der Waals surface area contributed by atoms with E-state index >= 15 is 0 Å². The number of hydrogen-bond acceptors (Lipinski definition) is 4. The van der Waals surface area contributed by atoms with Crippen molar-refractivity contribution in [2.24, 2.45) is 0 Å². The number of carbonyl (C=O) groups is 4. The van der Waals surface area contributed by atoms with E-state index in [0.29, 0.717) is 31.5 Å². The van der Waals surface area contributed by atoms with Crippen LogP contribution in [0.3, 0.4) is 0 Å². The van der Waals surface area contributed by atoms with E-state index in [4.69, 9.17) is 0 Å². The van der Waals surface area contributed by atoms with Crippen LogP contribution >= 0.6 is 0 Å². The molecule has 25 heavy (non-hydrogen) atoms. The monoisotopic (exact) mass is 344 g/mol. The summed E-state index contributed by atoms with van der Waals surface area (Å²) in [7, 11) is 0. The molecule has 2 aliphatic rings. The van der Waals surface area contributed by atoms with Crippen molar-refractivity contribution in [3.05, 3.63) is 34.9 Å². The van der Waals surface area contributed by atoms with E-state index in [9.17, 15) is 24.3 Å². The largest absolute Gasteiger partial charge is 0.480 e. The summed E-state index contributed by atoms with van der Waals surface area (Å²) < 4.78 is 0. The zero-order valence-corrected chi connectivity index (χ0v) is 14.0. The lowest BCUT2D eigenvalue weighted by molar-refractivity contribution is -0.141. The third-order valence-electron chi connectivity index (χ3n) is 4.75. The van der Waals surface area contributed by atoms with E-state index < -0.39 is 17.9 Å². The Balaban J connectivity index is 1.87. The van der Waals surface area contributed by atoms with Crippen molar-refractivity contribution in [1.82, 2.24) is 9.80 Å². The van der Waals surface area contributed by atoms with Crippen molar-refractivity contribution in [2.45, 2.75) is 38.6 Å². The van der Waals surface area contributed by atoms with Crippen LogP contribution in [0.2, 0.25) is 0 Å². The molecule has 0 radical (unpaired) electrons.